The van der Waals surface area contributed by atoms with Crippen molar-refractivity contribution in [1.82, 2.24) is 4.90 Å². The zero-order valence-electron chi connectivity index (χ0n) is 13.0. The van der Waals surface area contributed by atoms with Crippen molar-refractivity contribution in [3.05, 3.63) is 28.2 Å². The first-order valence-corrected chi connectivity index (χ1v) is 8.30. The van der Waals surface area contributed by atoms with Crippen molar-refractivity contribution in [2.45, 2.75) is 39.0 Å². The summed E-state index contributed by atoms with van der Waals surface area (Å²) in [6.07, 6.45) is 0.112. The minimum absolute atomic E-state index is 0.0486. The van der Waals surface area contributed by atoms with E-state index in [1.807, 2.05) is 25.1 Å². The van der Waals surface area contributed by atoms with E-state index in [0.29, 0.717) is 12.6 Å². The first kappa shape index (κ1) is 16.7. The molecule has 2 rings (SSSR count). The molecule has 1 aromatic rings. The van der Waals surface area contributed by atoms with E-state index in [2.05, 4.69) is 34.7 Å². The smallest absolute Gasteiger partial charge is 0.125 e. The van der Waals surface area contributed by atoms with Crippen LogP contribution in [0.3, 0.4) is 0 Å². The lowest BCUT2D eigenvalue weighted by molar-refractivity contribution is -0.0565. The van der Waals surface area contributed by atoms with Crippen LogP contribution in [0.5, 0.6) is 5.75 Å². The van der Waals surface area contributed by atoms with Crippen molar-refractivity contribution >= 4 is 15.9 Å². The van der Waals surface area contributed by atoms with Crippen LogP contribution in [0.25, 0.3) is 0 Å². The van der Waals surface area contributed by atoms with Gasteiger partial charge < -0.3 is 15.2 Å². The minimum atomic E-state index is -0.0486. The van der Waals surface area contributed by atoms with Gasteiger partial charge in [0.2, 0.25) is 0 Å². The Hall–Kier alpha value is -0.620. The van der Waals surface area contributed by atoms with E-state index in [1.54, 1.807) is 0 Å². The van der Waals surface area contributed by atoms with Crippen LogP contribution >= 0.6 is 15.9 Å². The van der Waals surface area contributed by atoms with E-state index >= 15 is 0 Å². The predicted molar refractivity (Wildman–Crippen MR) is 88.7 cm³/mol. The average Bonchev–Trinajstić information content (AvgIpc) is 2.45. The number of nitrogens with two attached hydrogens (primary N) is 1. The zero-order valence-corrected chi connectivity index (χ0v) is 14.6. The minimum Gasteiger partial charge on any atom is -0.490 e. The third-order valence-electron chi connectivity index (χ3n) is 3.79. The summed E-state index contributed by atoms with van der Waals surface area (Å²) in [5, 5.41) is 0. The largest absolute Gasteiger partial charge is 0.490 e. The van der Waals surface area contributed by atoms with Gasteiger partial charge in [-0.3, -0.25) is 4.90 Å². The highest BCUT2D eigenvalue weighted by atomic mass is 79.9. The molecular weight excluding hydrogens is 332 g/mol. The molecule has 0 radical (unpaired) electrons. The van der Waals surface area contributed by atoms with Crippen LogP contribution in [0, 0.1) is 0 Å². The van der Waals surface area contributed by atoms with Crippen LogP contribution < -0.4 is 10.5 Å². The Morgan fingerprint density at radius 2 is 2.19 bits per heavy atom. The van der Waals surface area contributed by atoms with E-state index < -0.39 is 0 Å². The third-order valence-corrected chi connectivity index (χ3v) is 4.28. The highest BCUT2D eigenvalue weighted by molar-refractivity contribution is 9.10. The maximum Gasteiger partial charge on any atom is 0.125 e. The lowest BCUT2D eigenvalue weighted by Crippen LogP contribution is -2.47. The molecule has 2 N–H and O–H groups in total. The zero-order chi connectivity index (χ0) is 15.4. The molecular formula is C16H25BrN2O2. The van der Waals surface area contributed by atoms with Gasteiger partial charge >= 0.3 is 0 Å². The number of ether oxygens (including phenoxy) is 2. The van der Waals surface area contributed by atoms with Crippen molar-refractivity contribution in [2.24, 2.45) is 5.73 Å². The number of morpholine rings is 1. The Balaban J connectivity index is 1.98. The molecule has 4 nitrogen and oxygen atoms in total. The molecule has 1 unspecified atom stereocenters. The molecule has 0 aromatic heterocycles. The van der Waals surface area contributed by atoms with Crippen LogP contribution in [0.15, 0.2) is 22.7 Å². The van der Waals surface area contributed by atoms with Gasteiger partial charge in [0.15, 0.2) is 0 Å². The van der Waals surface area contributed by atoms with Crippen molar-refractivity contribution in [2.75, 3.05) is 26.3 Å². The summed E-state index contributed by atoms with van der Waals surface area (Å²) < 4.78 is 12.8. The number of nitrogens with zero attached hydrogens (tertiary/aromatic N) is 1. The van der Waals surface area contributed by atoms with Gasteiger partial charge in [0.1, 0.15) is 18.5 Å². The molecule has 0 aliphatic carbocycles. The molecule has 1 fully saturated rings. The number of halogens is 1. The Labute approximate surface area is 135 Å². The highest BCUT2D eigenvalue weighted by Crippen LogP contribution is 2.28. The molecule has 5 heteroatoms. The fraction of sp³-hybridized carbons (Fsp3) is 0.625. The Morgan fingerprint density at radius 3 is 2.86 bits per heavy atom. The lowest BCUT2D eigenvalue weighted by atomic mass is 10.1. The normalized spacial score (nSPS) is 21.5. The van der Waals surface area contributed by atoms with Gasteiger partial charge in [-0.2, -0.15) is 0 Å². The summed E-state index contributed by atoms with van der Waals surface area (Å²) in [7, 11) is 0. The van der Waals surface area contributed by atoms with Gasteiger partial charge in [-0.05, 0) is 32.9 Å². The van der Waals surface area contributed by atoms with Crippen LogP contribution in [0.2, 0.25) is 0 Å². The monoisotopic (exact) mass is 356 g/mol. The van der Waals surface area contributed by atoms with Crippen molar-refractivity contribution in [3.63, 3.8) is 0 Å². The molecule has 0 spiro atoms. The lowest BCUT2D eigenvalue weighted by Gasteiger charge is -2.35. The highest BCUT2D eigenvalue weighted by Gasteiger charge is 2.23. The second kappa shape index (κ2) is 7.58. The van der Waals surface area contributed by atoms with Crippen LogP contribution in [-0.2, 0) is 4.74 Å². The van der Waals surface area contributed by atoms with Gasteiger partial charge in [0.05, 0.1) is 6.61 Å². The molecule has 0 saturated carbocycles. The van der Waals surface area contributed by atoms with Gasteiger partial charge in [-0.25, -0.2) is 0 Å². The molecule has 1 aliphatic rings. The maximum atomic E-state index is 6.00. The van der Waals surface area contributed by atoms with Gasteiger partial charge in [0, 0.05) is 35.2 Å². The van der Waals surface area contributed by atoms with Crippen LogP contribution in [0.1, 0.15) is 32.4 Å². The van der Waals surface area contributed by atoms with Gasteiger partial charge in [0.25, 0.3) is 0 Å². The number of rotatable bonds is 5. The SMILES string of the molecule is CC(C)N1CCOC(COc2cc(Br)ccc2[C@H](C)N)C1. The summed E-state index contributed by atoms with van der Waals surface area (Å²) in [6.45, 7) is 9.63. The molecule has 2 atom stereocenters. The van der Waals surface area contributed by atoms with E-state index in [4.69, 9.17) is 15.2 Å². The van der Waals surface area contributed by atoms with Crippen molar-refractivity contribution < 1.29 is 9.47 Å². The summed E-state index contributed by atoms with van der Waals surface area (Å²) in [5.74, 6) is 0.838. The standard InChI is InChI=1S/C16H25BrN2O2/c1-11(2)19-6-7-20-14(9-19)10-21-16-8-13(17)4-5-15(16)12(3)18/h4-5,8,11-12,14H,6-7,9-10,18H2,1-3H3/t12-,14?/m0/s1. The summed E-state index contributed by atoms with van der Waals surface area (Å²) in [5.41, 5.74) is 7.02. The Bertz CT molecular complexity index is 466. The second-order valence-corrected chi connectivity index (χ2v) is 6.78. The van der Waals surface area contributed by atoms with Crippen LogP contribution in [-0.4, -0.2) is 43.3 Å². The van der Waals surface area contributed by atoms with Gasteiger partial charge in [-0.1, -0.05) is 22.0 Å². The summed E-state index contributed by atoms with van der Waals surface area (Å²) >= 11 is 3.48. The van der Waals surface area contributed by atoms with E-state index in [0.717, 1.165) is 35.5 Å². The average molecular weight is 357 g/mol. The molecule has 0 amide bonds. The quantitative estimate of drug-likeness (QED) is 0.880. The molecule has 21 heavy (non-hydrogen) atoms. The molecule has 1 heterocycles. The van der Waals surface area contributed by atoms with Crippen LogP contribution in [0.4, 0.5) is 0 Å². The Kier molecular flexibility index (Phi) is 6.05. The maximum absolute atomic E-state index is 6.00. The first-order valence-electron chi connectivity index (χ1n) is 7.51. The topological polar surface area (TPSA) is 47.7 Å². The number of hydrogen-bond donors (Lipinski definition) is 1. The molecule has 1 saturated heterocycles. The molecule has 0 bridgehead atoms. The molecule has 1 aromatic carbocycles. The fourth-order valence-electron chi connectivity index (χ4n) is 2.50. The van der Waals surface area contributed by atoms with Crippen molar-refractivity contribution in [1.29, 1.82) is 0 Å². The summed E-state index contributed by atoms with van der Waals surface area (Å²) in [6, 6.07) is 6.46. The van der Waals surface area contributed by atoms with E-state index in [-0.39, 0.29) is 12.1 Å². The van der Waals surface area contributed by atoms with E-state index in [1.165, 1.54) is 0 Å². The third kappa shape index (κ3) is 4.68. The number of benzene rings is 1. The Morgan fingerprint density at radius 1 is 1.43 bits per heavy atom. The summed E-state index contributed by atoms with van der Waals surface area (Å²) in [4.78, 5) is 2.42. The molecule has 118 valence electrons. The first-order chi connectivity index (χ1) is 9.97. The van der Waals surface area contributed by atoms with E-state index in [9.17, 15) is 0 Å². The second-order valence-electron chi connectivity index (χ2n) is 5.86. The predicted octanol–water partition coefficient (Wildman–Crippen LogP) is 2.96. The van der Waals surface area contributed by atoms with Gasteiger partial charge in [-0.15, -0.1) is 0 Å². The molecule has 1 aliphatic heterocycles. The number of hydrogen-bond acceptors (Lipinski definition) is 4. The fourth-order valence-corrected chi connectivity index (χ4v) is 2.84. The van der Waals surface area contributed by atoms with Crippen molar-refractivity contribution in [3.8, 4) is 5.75 Å².